The fourth-order valence-corrected chi connectivity index (χ4v) is 4.04. The normalized spacial score (nSPS) is 13.8. The van der Waals surface area contributed by atoms with Gasteiger partial charge in [-0.2, -0.15) is 4.98 Å². The monoisotopic (exact) mass is 461 g/mol. The molecule has 2 aromatic heterocycles. The van der Waals surface area contributed by atoms with E-state index < -0.39 is 0 Å². The van der Waals surface area contributed by atoms with Crippen molar-refractivity contribution in [3.05, 3.63) is 72.7 Å². The summed E-state index contributed by atoms with van der Waals surface area (Å²) in [5, 5.41) is 4.00. The van der Waals surface area contributed by atoms with E-state index in [-0.39, 0.29) is 18.3 Å². The summed E-state index contributed by atoms with van der Waals surface area (Å²) in [6.07, 6.45) is 1.82. The molecule has 174 valence electrons. The highest BCUT2D eigenvalue weighted by molar-refractivity contribution is 5.77. The predicted molar refractivity (Wildman–Crippen MR) is 125 cm³/mol. The Morgan fingerprint density at radius 2 is 1.76 bits per heavy atom. The highest BCUT2D eigenvalue weighted by atomic mass is 19.1. The molecule has 4 aromatic rings. The molecule has 0 unspecified atom stereocenters. The Kier molecular flexibility index (Phi) is 5.99. The maximum atomic E-state index is 13.2. The van der Waals surface area contributed by atoms with Gasteiger partial charge in [0.1, 0.15) is 23.8 Å². The molecule has 1 aliphatic heterocycles. The molecule has 1 aliphatic rings. The van der Waals surface area contributed by atoms with E-state index in [9.17, 15) is 9.18 Å². The lowest BCUT2D eigenvalue weighted by atomic mass is 10.2. The standard InChI is InChI=1S/C25H24FN5O3/c1-33-21-10-8-20(9-11-21)29-13-15-30(16-14-29)23(32)17-31-12-2-3-22(31)25-27-24(28-34-25)18-4-6-19(26)7-5-18/h2-12H,13-17H2,1H3. The van der Waals surface area contributed by atoms with Crippen molar-refractivity contribution in [2.75, 3.05) is 38.2 Å². The van der Waals surface area contributed by atoms with Crippen LogP contribution in [0.2, 0.25) is 0 Å². The molecule has 2 aromatic carbocycles. The van der Waals surface area contributed by atoms with Crippen LogP contribution in [0.3, 0.4) is 0 Å². The molecule has 1 amide bonds. The van der Waals surface area contributed by atoms with Gasteiger partial charge in [-0.05, 0) is 60.7 Å². The first-order chi connectivity index (χ1) is 16.6. The van der Waals surface area contributed by atoms with Crippen LogP contribution in [0, 0.1) is 5.82 Å². The molecule has 9 heteroatoms. The molecule has 8 nitrogen and oxygen atoms in total. The van der Waals surface area contributed by atoms with E-state index in [2.05, 4.69) is 15.0 Å². The molecule has 0 bridgehead atoms. The van der Waals surface area contributed by atoms with Gasteiger partial charge in [-0.1, -0.05) is 5.16 Å². The Hall–Kier alpha value is -4.14. The molecular weight excluding hydrogens is 437 g/mol. The summed E-state index contributed by atoms with van der Waals surface area (Å²) in [4.78, 5) is 21.6. The van der Waals surface area contributed by atoms with Crippen molar-refractivity contribution in [2.24, 2.45) is 0 Å². The van der Waals surface area contributed by atoms with E-state index in [1.165, 1.54) is 12.1 Å². The summed E-state index contributed by atoms with van der Waals surface area (Å²) in [6, 6.07) is 17.5. The van der Waals surface area contributed by atoms with Crippen LogP contribution in [-0.2, 0) is 11.3 Å². The van der Waals surface area contributed by atoms with E-state index >= 15 is 0 Å². The lowest BCUT2D eigenvalue weighted by Crippen LogP contribution is -2.49. The average Bonchev–Trinajstić information content (AvgIpc) is 3.54. The second-order valence-corrected chi connectivity index (χ2v) is 8.02. The maximum Gasteiger partial charge on any atom is 0.274 e. The van der Waals surface area contributed by atoms with Gasteiger partial charge in [-0.15, -0.1) is 0 Å². The van der Waals surface area contributed by atoms with E-state index in [4.69, 9.17) is 9.26 Å². The molecule has 1 fully saturated rings. The van der Waals surface area contributed by atoms with Gasteiger partial charge in [-0.3, -0.25) is 4.79 Å². The van der Waals surface area contributed by atoms with E-state index in [1.807, 2.05) is 47.5 Å². The molecule has 0 radical (unpaired) electrons. The fourth-order valence-electron chi connectivity index (χ4n) is 4.04. The first-order valence-electron chi connectivity index (χ1n) is 11.0. The summed E-state index contributed by atoms with van der Waals surface area (Å²) in [6.45, 7) is 3.01. The minimum absolute atomic E-state index is 0.0325. The van der Waals surface area contributed by atoms with E-state index in [0.717, 1.165) is 24.5 Å². The molecule has 0 aliphatic carbocycles. The van der Waals surface area contributed by atoms with Gasteiger partial charge in [0, 0.05) is 43.6 Å². The quantitative estimate of drug-likeness (QED) is 0.436. The zero-order chi connectivity index (χ0) is 23.5. The Morgan fingerprint density at radius 3 is 2.47 bits per heavy atom. The van der Waals surface area contributed by atoms with Crippen molar-refractivity contribution in [1.29, 1.82) is 0 Å². The Bertz CT molecular complexity index is 1260. The van der Waals surface area contributed by atoms with Crippen LogP contribution in [-0.4, -0.2) is 58.8 Å². The van der Waals surface area contributed by atoms with Crippen LogP contribution in [0.4, 0.5) is 10.1 Å². The minimum Gasteiger partial charge on any atom is -0.497 e. The first kappa shape index (κ1) is 21.7. The van der Waals surface area contributed by atoms with Crippen molar-refractivity contribution in [3.8, 4) is 28.7 Å². The molecule has 34 heavy (non-hydrogen) atoms. The maximum absolute atomic E-state index is 13.2. The second kappa shape index (κ2) is 9.38. The molecule has 1 saturated heterocycles. The Labute approximate surface area is 196 Å². The number of carbonyl (C=O) groups is 1. The van der Waals surface area contributed by atoms with Crippen LogP contribution in [0.15, 0.2) is 71.4 Å². The number of aromatic nitrogens is 3. The van der Waals surface area contributed by atoms with Crippen LogP contribution in [0.1, 0.15) is 0 Å². The van der Waals surface area contributed by atoms with Crippen LogP contribution < -0.4 is 9.64 Å². The van der Waals surface area contributed by atoms with Gasteiger partial charge >= 0.3 is 0 Å². The van der Waals surface area contributed by atoms with Crippen LogP contribution >= 0.6 is 0 Å². The highest BCUT2D eigenvalue weighted by Crippen LogP contribution is 2.24. The van der Waals surface area contributed by atoms with Gasteiger partial charge < -0.3 is 23.6 Å². The molecule has 0 N–H and O–H groups in total. The lowest BCUT2D eigenvalue weighted by molar-refractivity contribution is -0.132. The fraction of sp³-hybridized carbons (Fsp3) is 0.240. The zero-order valence-corrected chi connectivity index (χ0v) is 18.7. The number of halogens is 1. The Balaban J connectivity index is 1.22. The average molecular weight is 461 g/mol. The number of benzene rings is 2. The lowest BCUT2D eigenvalue weighted by Gasteiger charge is -2.36. The van der Waals surface area contributed by atoms with Crippen LogP contribution in [0.25, 0.3) is 23.0 Å². The number of methoxy groups -OCH3 is 1. The second-order valence-electron chi connectivity index (χ2n) is 8.02. The number of ether oxygens (including phenoxy) is 1. The number of hydrogen-bond acceptors (Lipinski definition) is 6. The summed E-state index contributed by atoms with van der Waals surface area (Å²) in [5.41, 5.74) is 2.43. The number of anilines is 1. The SMILES string of the molecule is COc1ccc(N2CCN(C(=O)Cn3cccc3-c3nc(-c4ccc(F)cc4)no3)CC2)cc1. The smallest absolute Gasteiger partial charge is 0.274 e. The predicted octanol–water partition coefficient (Wildman–Crippen LogP) is 3.70. The highest BCUT2D eigenvalue weighted by Gasteiger charge is 2.23. The van der Waals surface area contributed by atoms with Crippen molar-refractivity contribution < 1.29 is 18.4 Å². The number of amides is 1. The van der Waals surface area contributed by atoms with Crippen molar-refractivity contribution in [1.82, 2.24) is 19.6 Å². The van der Waals surface area contributed by atoms with Gasteiger partial charge in [0.15, 0.2) is 0 Å². The third-order valence-corrected chi connectivity index (χ3v) is 5.95. The number of rotatable bonds is 6. The topological polar surface area (TPSA) is 76.6 Å². The number of hydrogen-bond donors (Lipinski definition) is 0. The summed E-state index contributed by atoms with van der Waals surface area (Å²) in [7, 11) is 1.65. The molecule has 3 heterocycles. The number of carbonyl (C=O) groups excluding carboxylic acids is 1. The van der Waals surface area contributed by atoms with Gasteiger partial charge in [-0.25, -0.2) is 4.39 Å². The molecule has 0 atom stereocenters. The van der Waals surface area contributed by atoms with Crippen molar-refractivity contribution in [2.45, 2.75) is 6.54 Å². The van der Waals surface area contributed by atoms with Gasteiger partial charge in [0.05, 0.1) is 7.11 Å². The summed E-state index contributed by atoms with van der Waals surface area (Å²) >= 11 is 0. The minimum atomic E-state index is -0.329. The first-order valence-corrected chi connectivity index (χ1v) is 11.0. The third-order valence-electron chi connectivity index (χ3n) is 5.95. The summed E-state index contributed by atoms with van der Waals surface area (Å²) in [5.74, 6) is 1.20. The molecule has 0 spiro atoms. The van der Waals surface area contributed by atoms with E-state index in [0.29, 0.717) is 36.1 Å². The number of nitrogens with zero attached hydrogens (tertiary/aromatic N) is 5. The van der Waals surface area contributed by atoms with Crippen molar-refractivity contribution >= 4 is 11.6 Å². The van der Waals surface area contributed by atoms with Gasteiger partial charge in [0.2, 0.25) is 11.7 Å². The summed E-state index contributed by atoms with van der Waals surface area (Å²) < 4.78 is 25.6. The van der Waals surface area contributed by atoms with Crippen LogP contribution in [0.5, 0.6) is 5.75 Å². The largest absolute Gasteiger partial charge is 0.497 e. The molecule has 5 rings (SSSR count). The van der Waals surface area contributed by atoms with Crippen molar-refractivity contribution in [3.63, 3.8) is 0 Å². The van der Waals surface area contributed by atoms with Gasteiger partial charge in [0.25, 0.3) is 5.89 Å². The molecule has 0 saturated carbocycles. The Morgan fingerprint density at radius 1 is 1.03 bits per heavy atom. The van der Waals surface area contributed by atoms with E-state index in [1.54, 1.807) is 23.8 Å². The molecular formula is C25H24FN5O3. The third kappa shape index (κ3) is 4.50. The number of piperazine rings is 1. The zero-order valence-electron chi connectivity index (χ0n) is 18.7.